The van der Waals surface area contributed by atoms with E-state index in [-0.39, 0.29) is 34.5 Å². The van der Waals surface area contributed by atoms with Gasteiger partial charge in [0.2, 0.25) is 0 Å². The molecule has 0 amide bonds. The smallest absolute Gasteiger partial charge is 0.328 e. The van der Waals surface area contributed by atoms with Gasteiger partial charge >= 0.3 is 10.4 Å². The summed E-state index contributed by atoms with van der Waals surface area (Å²) < 4.78 is 31.6. The third-order valence-corrected chi connectivity index (χ3v) is 2.80. The SMILES string of the molecule is C[C@H](N)Cc1ccccc1.C[C@H](N)Cc1ccccc1.O=S(=O)(O)O.[Au]. The Morgan fingerprint density at radius 2 is 1.00 bits per heavy atom. The molecule has 8 heteroatoms. The van der Waals surface area contributed by atoms with Crippen LogP contribution in [0.1, 0.15) is 25.0 Å². The fourth-order valence-electron chi connectivity index (χ4n) is 1.97. The van der Waals surface area contributed by atoms with Crippen molar-refractivity contribution in [3.05, 3.63) is 71.8 Å². The summed E-state index contributed by atoms with van der Waals surface area (Å²) in [5.74, 6) is 0. The minimum atomic E-state index is -4.67. The van der Waals surface area contributed by atoms with Gasteiger partial charge in [0, 0.05) is 34.5 Å². The summed E-state index contributed by atoms with van der Waals surface area (Å²) in [6, 6.07) is 21.1. The molecule has 2 aromatic rings. The van der Waals surface area contributed by atoms with Crippen molar-refractivity contribution in [3.63, 3.8) is 0 Å². The molecule has 0 bridgehead atoms. The molecule has 6 N–H and O–H groups in total. The van der Waals surface area contributed by atoms with Crippen LogP contribution in [0.25, 0.3) is 0 Å². The van der Waals surface area contributed by atoms with Crippen LogP contribution in [0.4, 0.5) is 0 Å². The Morgan fingerprint density at radius 3 is 1.19 bits per heavy atom. The van der Waals surface area contributed by atoms with Gasteiger partial charge in [-0.2, -0.15) is 8.42 Å². The maximum Gasteiger partial charge on any atom is 0.394 e. The normalized spacial score (nSPS) is 12.2. The molecule has 0 aliphatic carbocycles. The zero-order chi connectivity index (χ0) is 19.3. The molecule has 151 valence electrons. The predicted molar refractivity (Wildman–Crippen MR) is 102 cm³/mol. The quantitative estimate of drug-likeness (QED) is 0.334. The van der Waals surface area contributed by atoms with Crippen molar-refractivity contribution in [2.75, 3.05) is 0 Å². The number of hydrogen-bond acceptors (Lipinski definition) is 4. The molecular formula is C18H28AuN2O4S. The average molecular weight is 565 g/mol. The number of hydrogen-bond donors (Lipinski definition) is 4. The summed E-state index contributed by atoms with van der Waals surface area (Å²) in [4.78, 5) is 0. The van der Waals surface area contributed by atoms with Crippen LogP contribution in [0.5, 0.6) is 0 Å². The second-order valence-corrected chi connectivity index (χ2v) is 6.68. The van der Waals surface area contributed by atoms with Crippen molar-refractivity contribution >= 4 is 10.4 Å². The molecule has 0 saturated heterocycles. The van der Waals surface area contributed by atoms with Crippen LogP contribution in [-0.2, 0) is 45.6 Å². The summed E-state index contributed by atoms with van der Waals surface area (Å²) in [5.41, 5.74) is 13.9. The molecule has 0 heterocycles. The molecule has 0 spiro atoms. The van der Waals surface area contributed by atoms with Crippen LogP contribution in [0.15, 0.2) is 60.7 Å². The molecule has 0 fully saturated rings. The average Bonchev–Trinajstić information content (AvgIpc) is 2.47. The summed E-state index contributed by atoms with van der Waals surface area (Å²) >= 11 is 0. The third kappa shape index (κ3) is 21.0. The maximum atomic E-state index is 8.74. The van der Waals surface area contributed by atoms with Crippen LogP contribution >= 0.6 is 0 Å². The van der Waals surface area contributed by atoms with E-state index >= 15 is 0 Å². The van der Waals surface area contributed by atoms with Gasteiger partial charge in [-0.1, -0.05) is 60.7 Å². The van der Waals surface area contributed by atoms with E-state index in [1.54, 1.807) is 0 Å². The van der Waals surface area contributed by atoms with Gasteiger partial charge in [-0.25, -0.2) is 0 Å². The molecule has 6 nitrogen and oxygen atoms in total. The largest absolute Gasteiger partial charge is 0.394 e. The number of nitrogens with two attached hydrogens (primary N) is 2. The Bertz CT molecular complexity index is 613. The van der Waals surface area contributed by atoms with Crippen molar-refractivity contribution in [2.45, 2.75) is 38.8 Å². The van der Waals surface area contributed by atoms with Gasteiger partial charge < -0.3 is 11.5 Å². The zero-order valence-corrected chi connectivity index (χ0v) is 17.9. The second-order valence-electron chi connectivity index (χ2n) is 5.78. The van der Waals surface area contributed by atoms with Gasteiger partial charge in [0.15, 0.2) is 0 Å². The van der Waals surface area contributed by atoms with Crippen LogP contribution in [0, 0.1) is 0 Å². The van der Waals surface area contributed by atoms with Crippen LogP contribution < -0.4 is 11.5 Å². The molecule has 0 saturated carbocycles. The van der Waals surface area contributed by atoms with Gasteiger partial charge in [0.05, 0.1) is 0 Å². The van der Waals surface area contributed by atoms with Gasteiger partial charge in [0.1, 0.15) is 0 Å². The summed E-state index contributed by atoms with van der Waals surface area (Å²) in [6.45, 7) is 4.04. The predicted octanol–water partition coefficient (Wildman–Crippen LogP) is 2.50. The molecule has 0 aliphatic heterocycles. The van der Waals surface area contributed by atoms with Crippen LogP contribution in [-0.4, -0.2) is 29.6 Å². The molecule has 1 radical (unpaired) electrons. The van der Waals surface area contributed by atoms with Crippen molar-refractivity contribution in [1.29, 1.82) is 0 Å². The molecule has 2 atom stereocenters. The fourth-order valence-corrected chi connectivity index (χ4v) is 1.97. The van der Waals surface area contributed by atoms with Gasteiger partial charge in [-0.05, 0) is 37.8 Å². The van der Waals surface area contributed by atoms with Crippen molar-refractivity contribution in [2.24, 2.45) is 11.5 Å². The summed E-state index contributed by atoms with van der Waals surface area (Å²) in [6.07, 6.45) is 1.95. The topological polar surface area (TPSA) is 127 Å². The second kappa shape index (κ2) is 15.1. The van der Waals surface area contributed by atoms with Crippen LogP contribution in [0.2, 0.25) is 0 Å². The summed E-state index contributed by atoms with van der Waals surface area (Å²) in [5, 5.41) is 0. The number of benzene rings is 2. The Kier molecular flexibility index (Phi) is 15.8. The zero-order valence-electron chi connectivity index (χ0n) is 14.9. The van der Waals surface area contributed by atoms with E-state index in [9.17, 15) is 0 Å². The molecule has 26 heavy (non-hydrogen) atoms. The van der Waals surface area contributed by atoms with E-state index in [1.807, 2.05) is 50.2 Å². The molecule has 0 unspecified atom stereocenters. The van der Waals surface area contributed by atoms with Crippen LogP contribution in [0.3, 0.4) is 0 Å². The molecule has 0 aromatic heterocycles. The minimum absolute atomic E-state index is 0. The van der Waals surface area contributed by atoms with E-state index in [0.717, 1.165) is 12.8 Å². The van der Waals surface area contributed by atoms with Gasteiger partial charge in [-0.15, -0.1) is 0 Å². The molecular weight excluding hydrogens is 537 g/mol. The molecule has 2 aromatic carbocycles. The molecule has 2 rings (SSSR count). The van der Waals surface area contributed by atoms with Gasteiger partial charge in [-0.3, -0.25) is 9.11 Å². The Labute approximate surface area is 172 Å². The van der Waals surface area contributed by atoms with Crippen molar-refractivity contribution in [1.82, 2.24) is 0 Å². The Balaban J connectivity index is 0. The number of rotatable bonds is 4. The van der Waals surface area contributed by atoms with E-state index in [4.69, 9.17) is 29.0 Å². The minimum Gasteiger partial charge on any atom is -0.328 e. The standard InChI is InChI=1S/2C9H13N.Au.H2O4S/c2*1-8(10)7-9-5-3-2-4-6-9;;1-5(2,3)4/h2*2-6,8H,7,10H2,1H3;;(H2,1,2,3,4)/t2*8-;;/m00../s1. The van der Waals surface area contributed by atoms with E-state index in [0.29, 0.717) is 0 Å². The first-order chi connectivity index (χ1) is 11.6. The van der Waals surface area contributed by atoms with Crippen molar-refractivity contribution < 1.29 is 39.9 Å². The third-order valence-electron chi connectivity index (χ3n) is 2.80. The fraction of sp³-hybridized carbons (Fsp3) is 0.333. The Morgan fingerprint density at radius 1 is 0.769 bits per heavy atom. The van der Waals surface area contributed by atoms with Gasteiger partial charge in [0.25, 0.3) is 0 Å². The monoisotopic (exact) mass is 565 g/mol. The first kappa shape index (κ1) is 27.2. The maximum absolute atomic E-state index is 8.74. The molecule has 0 aliphatic rings. The van der Waals surface area contributed by atoms with E-state index < -0.39 is 10.4 Å². The van der Waals surface area contributed by atoms with E-state index in [2.05, 4.69) is 24.3 Å². The Hall–Kier alpha value is -1.03. The summed E-state index contributed by atoms with van der Waals surface area (Å²) in [7, 11) is -4.67. The first-order valence-corrected chi connectivity index (χ1v) is 9.26. The van der Waals surface area contributed by atoms with E-state index in [1.165, 1.54) is 11.1 Å². The van der Waals surface area contributed by atoms with Crippen molar-refractivity contribution in [3.8, 4) is 0 Å². The first-order valence-electron chi connectivity index (χ1n) is 7.86.